The van der Waals surface area contributed by atoms with Crippen molar-refractivity contribution in [2.24, 2.45) is 0 Å². The standard InChI is InChI=1S/C18H19NO4/c1-11-3-6-16(23-11)12(2)17(20)19-8-7-13-9-14(18(21)22)4-5-15(13)10-19/h3-6,9,12H,7-8,10H2,1-2H3,(H,21,22). The minimum absolute atomic E-state index is 0.0345. The highest BCUT2D eigenvalue weighted by Gasteiger charge is 2.27. The van der Waals surface area contributed by atoms with Gasteiger partial charge in [-0.2, -0.15) is 0 Å². The number of fused-ring (bicyclic) bond motifs is 1. The Morgan fingerprint density at radius 2 is 2.00 bits per heavy atom. The quantitative estimate of drug-likeness (QED) is 0.945. The van der Waals surface area contributed by atoms with Gasteiger partial charge in [0.05, 0.1) is 11.5 Å². The summed E-state index contributed by atoms with van der Waals surface area (Å²) in [5.74, 6) is 0.272. The van der Waals surface area contributed by atoms with E-state index in [9.17, 15) is 9.59 Å². The molecule has 0 radical (unpaired) electrons. The lowest BCUT2D eigenvalue weighted by molar-refractivity contribution is -0.133. The summed E-state index contributed by atoms with van der Waals surface area (Å²) in [5.41, 5.74) is 2.32. The first-order valence-electron chi connectivity index (χ1n) is 7.66. The third-order valence-electron chi connectivity index (χ3n) is 4.34. The van der Waals surface area contributed by atoms with E-state index >= 15 is 0 Å². The van der Waals surface area contributed by atoms with E-state index < -0.39 is 5.97 Å². The van der Waals surface area contributed by atoms with Crippen molar-refractivity contribution >= 4 is 11.9 Å². The maximum atomic E-state index is 12.7. The second kappa shape index (κ2) is 5.91. The summed E-state index contributed by atoms with van der Waals surface area (Å²) in [6.45, 7) is 4.82. The van der Waals surface area contributed by atoms with E-state index in [0.29, 0.717) is 30.8 Å². The number of benzene rings is 1. The van der Waals surface area contributed by atoms with Crippen molar-refractivity contribution in [1.82, 2.24) is 4.90 Å². The van der Waals surface area contributed by atoms with Crippen molar-refractivity contribution in [2.45, 2.75) is 32.7 Å². The van der Waals surface area contributed by atoms with Crippen molar-refractivity contribution in [3.63, 3.8) is 0 Å². The number of rotatable bonds is 3. The Morgan fingerprint density at radius 3 is 2.65 bits per heavy atom. The third kappa shape index (κ3) is 2.99. The van der Waals surface area contributed by atoms with Gasteiger partial charge in [-0.15, -0.1) is 0 Å². The SMILES string of the molecule is Cc1ccc(C(C)C(=O)N2CCc3cc(C(=O)O)ccc3C2)o1. The molecule has 1 aromatic carbocycles. The van der Waals surface area contributed by atoms with Crippen molar-refractivity contribution < 1.29 is 19.1 Å². The van der Waals surface area contributed by atoms with E-state index in [2.05, 4.69) is 0 Å². The molecule has 1 N–H and O–H groups in total. The molecule has 1 unspecified atom stereocenters. The fraction of sp³-hybridized carbons (Fsp3) is 0.333. The number of hydrogen-bond acceptors (Lipinski definition) is 3. The minimum Gasteiger partial charge on any atom is -0.478 e. The molecule has 0 saturated carbocycles. The van der Waals surface area contributed by atoms with E-state index in [1.165, 1.54) is 0 Å². The molecular weight excluding hydrogens is 294 g/mol. The van der Waals surface area contributed by atoms with Crippen LogP contribution in [0.15, 0.2) is 34.7 Å². The van der Waals surface area contributed by atoms with Crippen LogP contribution in [0.1, 0.15) is 45.8 Å². The Kier molecular flexibility index (Phi) is 3.94. The van der Waals surface area contributed by atoms with E-state index in [-0.39, 0.29) is 11.8 Å². The summed E-state index contributed by atoms with van der Waals surface area (Å²) >= 11 is 0. The van der Waals surface area contributed by atoms with Gasteiger partial charge in [-0.3, -0.25) is 4.79 Å². The molecule has 0 spiro atoms. The Morgan fingerprint density at radius 1 is 1.22 bits per heavy atom. The Bertz CT molecular complexity index is 762. The van der Waals surface area contributed by atoms with Crippen LogP contribution in [0.4, 0.5) is 0 Å². The largest absolute Gasteiger partial charge is 0.478 e. The fourth-order valence-electron chi connectivity index (χ4n) is 2.96. The molecule has 1 aromatic heterocycles. The highest BCUT2D eigenvalue weighted by atomic mass is 16.4. The smallest absolute Gasteiger partial charge is 0.335 e. The Labute approximate surface area is 134 Å². The van der Waals surface area contributed by atoms with Gasteiger partial charge in [0.15, 0.2) is 0 Å². The zero-order valence-corrected chi connectivity index (χ0v) is 13.2. The molecule has 23 heavy (non-hydrogen) atoms. The van der Waals surface area contributed by atoms with Gasteiger partial charge in [-0.05, 0) is 55.7 Å². The predicted octanol–water partition coefficient (Wildman–Crippen LogP) is 2.97. The second-order valence-electron chi connectivity index (χ2n) is 5.97. The monoisotopic (exact) mass is 313 g/mol. The lowest BCUT2D eigenvalue weighted by Crippen LogP contribution is -2.38. The number of amides is 1. The van der Waals surface area contributed by atoms with Crippen LogP contribution in [-0.4, -0.2) is 28.4 Å². The summed E-state index contributed by atoms with van der Waals surface area (Å²) in [6.07, 6.45) is 0.673. The number of aryl methyl sites for hydroxylation is 1. The normalized spacial score (nSPS) is 15.1. The van der Waals surface area contributed by atoms with Crippen LogP contribution in [0.5, 0.6) is 0 Å². The third-order valence-corrected chi connectivity index (χ3v) is 4.34. The number of carboxylic acid groups (broad SMARTS) is 1. The van der Waals surface area contributed by atoms with Crippen LogP contribution < -0.4 is 0 Å². The van der Waals surface area contributed by atoms with Crippen molar-refractivity contribution in [2.75, 3.05) is 6.54 Å². The lowest BCUT2D eigenvalue weighted by Gasteiger charge is -2.30. The molecule has 1 aliphatic heterocycles. The molecule has 0 fully saturated rings. The van der Waals surface area contributed by atoms with Gasteiger partial charge in [0.25, 0.3) is 0 Å². The maximum absolute atomic E-state index is 12.7. The molecule has 0 bridgehead atoms. The molecular formula is C18H19NO4. The average molecular weight is 313 g/mol. The van der Waals surface area contributed by atoms with Crippen molar-refractivity contribution in [3.05, 3.63) is 58.5 Å². The van der Waals surface area contributed by atoms with E-state index in [1.54, 1.807) is 18.2 Å². The summed E-state index contributed by atoms with van der Waals surface area (Å²) in [6, 6.07) is 8.81. The number of carboxylic acids is 1. The minimum atomic E-state index is -0.923. The zero-order valence-electron chi connectivity index (χ0n) is 13.2. The Balaban J connectivity index is 1.76. The lowest BCUT2D eigenvalue weighted by atomic mass is 9.96. The molecule has 2 heterocycles. The summed E-state index contributed by atoms with van der Waals surface area (Å²) in [5, 5.41) is 9.05. The summed E-state index contributed by atoms with van der Waals surface area (Å²) in [4.78, 5) is 25.5. The first-order valence-corrected chi connectivity index (χ1v) is 7.66. The number of hydrogen-bond donors (Lipinski definition) is 1. The van der Waals surface area contributed by atoms with Crippen LogP contribution in [0.25, 0.3) is 0 Å². The summed E-state index contributed by atoms with van der Waals surface area (Å²) in [7, 11) is 0. The van der Waals surface area contributed by atoms with Crippen LogP contribution in [-0.2, 0) is 17.8 Å². The van der Waals surface area contributed by atoms with E-state index in [1.807, 2.05) is 30.9 Å². The molecule has 1 amide bonds. The van der Waals surface area contributed by atoms with Crippen molar-refractivity contribution in [3.8, 4) is 0 Å². The average Bonchev–Trinajstić information content (AvgIpc) is 2.98. The number of carbonyl (C=O) groups excluding carboxylic acids is 1. The van der Waals surface area contributed by atoms with Gasteiger partial charge in [0.2, 0.25) is 5.91 Å². The van der Waals surface area contributed by atoms with E-state index in [0.717, 1.165) is 16.9 Å². The molecule has 5 nitrogen and oxygen atoms in total. The van der Waals surface area contributed by atoms with E-state index in [4.69, 9.17) is 9.52 Å². The Hall–Kier alpha value is -2.56. The van der Waals surface area contributed by atoms with Crippen LogP contribution in [0, 0.1) is 6.92 Å². The molecule has 0 aliphatic carbocycles. The number of furan rings is 1. The highest BCUT2D eigenvalue weighted by molar-refractivity contribution is 5.88. The molecule has 2 aromatic rings. The van der Waals surface area contributed by atoms with Crippen LogP contribution in [0.2, 0.25) is 0 Å². The summed E-state index contributed by atoms with van der Waals surface area (Å²) < 4.78 is 5.56. The van der Waals surface area contributed by atoms with Gasteiger partial charge in [0, 0.05) is 13.1 Å². The van der Waals surface area contributed by atoms with Crippen LogP contribution >= 0.6 is 0 Å². The number of aromatic carboxylic acids is 1. The first-order chi connectivity index (χ1) is 11.0. The van der Waals surface area contributed by atoms with Gasteiger partial charge in [-0.25, -0.2) is 4.79 Å². The van der Waals surface area contributed by atoms with Gasteiger partial charge in [-0.1, -0.05) is 6.07 Å². The zero-order chi connectivity index (χ0) is 16.6. The molecule has 0 saturated heterocycles. The number of carbonyl (C=O) groups is 2. The molecule has 3 rings (SSSR count). The maximum Gasteiger partial charge on any atom is 0.335 e. The molecule has 5 heteroatoms. The molecule has 120 valence electrons. The fourth-order valence-corrected chi connectivity index (χ4v) is 2.96. The van der Waals surface area contributed by atoms with Gasteiger partial charge >= 0.3 is 5.97 Å². The van der Waals surface area contributed by atoms with Gasteiger partial charge in [0.1, 0.15) is 11.5 Å². The predicted molar refractivity (Wildman–Crippen MR) is 84.4 cm³/mol. The topological polar surface area (TPSA) is 70.8 Å². The highest BCUT2D eigenvalue weighted by Crippen LogP contribution is 2.25. The molecule has 1 atom stereocenters. The molecule has 1 aliphatic rings. The first kappa shape index (κ1) is 15.3. The second-order valence-corrected chi connectivity index (χ2v) is 5.97. The van der Waals surface area contributed by atoms with Gasteiger partial charge < -0.3 is 14.4 Å². The van der Waals surface area contributed by atoms with Crippen LogP contribution in [0.3, 0.4) is 0 Å². The number of nitrogens with zero attached hydrogens (tertiary/aromatic N) is 1. The van der Waals surface area contributed by atoms with Crippen molar-refractivity contribution in [1.29, 1.82) is 0 Å².